The highest BCUT2D eigenvalue weighted by Gasteiger charge is 2.24. The molecule has 154 valence electrons. The Kier molecular flexibility index (Phi) is 5.47. The number of nitrogens with one attached hydrogen (secondary N) is 1. The highest BCUT2D eigenvalue weighted by Crippen LogP contribution is 2.27. The van der Waals surface area contributed by atoms with Crippen LogP contribution in [0.1, 0.15) is 33.7 Å². The zero-order chi connectivity index (χ0) is 21.1. The summed E-state index contributed by atoms with van der Waals surface area (Å²) in [6.45, 7) is 1.08. The quantitative estimate of drug-likeness (QED) is 0.654. The molecule has 3 aromatic rings. The molecule has 0 bridgehead atoms. The fourth-order valence-corrected chi connectivity index (χ4v) is 3.56. The van der Waals surface area contributed by atoms with Crippen molar-refractivity contribution in [3.63, 3.8) is 0 Å². The zero-order valence-electron chi connectivity index (χ0n) is 16.6. The molecule has 0 atom stereocenters. The monoisotopic (exact) mass is 406 g/mol. The number of rotatable bonds is 5. The van der Waals surface area contributed by atoms with Crippen molar-refractivity contribution in [2.75, 3.05) is 24.6 Å². The van der Waals surface area contributed by atoms with E-state index in [1.807, 2.05) is 24.3 Å². The minimum absolute atomic E-state index is 0.317. The number of nitrogens with zero attached hydrogens (tertiary/aromatic N) is 3. The Labute approximate surface area is 173 Å². The molecule has 1 aliphatic heterocycles. The zero-order valence-corrected chi connectivity index (χ0v) is 16.6. The molecule has 30 heavy (non-hydrogen) atoms. The van der Waals surface area contributed by atoms with E-state index in [2.05, 4.69) is 15.2 Å². The third-order valence-corrected chi connectivity index (χ3v) is 5.09. The lowest BCUT2D eigenvalue weighted by Crippen LogP contribution is -2.35. The van der Waals surface area contributed by atoms with E-state index in [-0.39, 0.29) is 0 Å². The smallest absolute Gasteiger partial charge is 0.342 e. The molecule has 8 nitrogen and oxygen atoms in total. The van der Waals surface area contributed by atoms with Gasteiger partial charge in [-0.3, -0.25) is 14.9 Å². The first-order chi connectivity index (χ1) is 14.5. The minimum Gasteiger partial charge on any atom is -0.452 e. The van der Waals surface area contributed by atoms with Crippen LogP contribution in [0.15, 0.2) is 48.7 Å². The number of amides is 2. The fourth-order valence-electron chi connectivity index (χ4n) is 3.56. The number of carbonyl (C=O) groups is 3. The van der Waals surface area contributed by atoms with E-state index in [0.29, 0.717) is 17.1 Å². The van der Waals surface area contributed by atoms with Crippen molar-refractivity contribution in [3.05, 3.63) is 59.9 Å². The van der Waals surface area contributed by atoms with Crippen LogP contribution in [-0.2, 0) is 16.6 Å². The summed E-state index contributed by atoms with van der Waals surface area (Å²) in [6.07, 6.45) is 3.77. The third-order valence-electron chi connectivity index (χ3n) is 5.09. The first kappa shape index (κ1) is 19.6. The van der Waals surface area contributed by atoms with E-state index in [1.54, 1.807) is 36.0 Å². The number of carbonyl (C=O) groups excluding carboxylic acids is 3. The number of fused-ring (bicyclic) bond motifs is 1. The van der Waals surface area contributed by atoms with Gasteiger partial charge >= 0.3 is 5.97 Å². The highest BCUT2D eigenvalue weighted by atomic mass is 16.5. The maximum absolute atomic E-state index is 12.8. The molecule has 0 spiro atoms. The van der Waals surface area contributed by atoms with Crippen LogP contribution in [0.3, 0.4) is 0 Å². The SMILES string of the molecule is Cn1cccc1C(=O)NC(=O)COC(=O)c1cc2ccccc2nc1N1CCCC1. The first-order valence-electron chi connectivity index (χ1n) is 9.80. The number of anilines is 1. The second-order valence-electron chi connectivity index (χ2n) is 7.20. The summed E-state index contributed by atoms with van der Waals surface area (Å²) in [5.41, 5.74) is 1.45. The van der Waals surface area contributed by atoms with Gasteiger partial charge in [0.2, 0.25) is 0 Å². The molecule has 2 aromatic heterocycles. The Morgan fingerprint density at radius 2 is 1.87 bits per heavy atom. The molecule has 8 heteroatoms. The van der Waals surface area contributed by atoms with Crippen molar-refractivity contribution in [2.24, 2.45) is 7.05 Å². The molecule has 2 amide bonds. The van der Waals surface area contributed by atoms with Crippen LogP contribution in [0.4, 0.5) is 5.82 Å². The largest absolute Gasteiger partial charge is 0.452 e. The van der Waals surface area contributed by atoms with Crippen LogP contribution < -0.4 is 10.2 Å². The lowest BCUT2D eigenvalue weighted by molar-refractivity contribution is -0.123. The Bertz CT molecular complexity index is 1120. The van der Waals surface area contributed by atoms with Crippen LogP contribution in [-0.4, -0.2) is 47.0 Å². The van der Waals surface area contributed by atoms with Gasteiger partial charge in [-0.2, -0.15) is 0 Å². The molecule has 0 unspecified atom stereocenters. The average Bonchev–Trinajstić information content (AvgIpc) is 3.43. The Hall–Kier alpha value is -3.68. The molecule has 1 aliphatic rings. The van der Waals surface area contributed by atoms with Crippen LogP contribution in [0, 0.1) is 0 Å². The predicted octanol–water partition coefficient (Wildman–Crippen LogP) is 2.29. The summed E-state index contributed by atoms with van der Waals surface area (Å²) in [7, 11) is 1.70. The standard InChI is InChI=1S/C22H22N4O4/c1-25-10-6-9-18(25)21(28)24-19(27)14-30-22(29)16-13-15-7-2-3-8-17(15)23-20(16)26-11-4-5-12-26/h2-3,6-10,13H,4-5,11-12,14H2,1H3,(H,24,27,28). The second kappa shape index (κ2) is 8.36. The first-order valence-corrected chi connectivity index (χ1v) is 9.80. The molecule has 4 rings (SSSR count). The molecule has 1 saturated heterocycles. The molecule has 1 N–H and O–H groups in total. The lowest BCUT2D eigenvalue weighted by Gasteiger charge is -2.20. The van der Waals surface area contributed by atoms with Gasteiger partial charge in [0.25, 0.3) is 11.8 Å². The topological polar surface area (TPSA) is 93.5 Å². The number of pyridine rings is 1. The number of hydrogen-bond acceptors (Lipinski definition) is 6. The third kappa shape index (κ3) is 4.03. The number of para-hydroxylation sites is 1. The molecule has 0 saturated carbocycles. The van der Waals surface area contributed by atoms with Gasteiger partial charge in [0.05, 0.1) is 5.52 Å². The van der Waals surface area contributed by atoms with Crippen molar-refractivity contribution in [3.8, 4) is 0 Å². The number of esters is 1. The fraction of sp³-hybridized carbons (Fsp3) is 0.273. The van der Waals surface area contributed by atoms with E-state index in [1.165, 1.54) is 0 Å². The summed E-state index contributed by atoms with van der Waals surface area (Å²) in [4.78, 5) is 43.7. The summed E-state index contributed by atoms with van der Waals surface area (Å²) in [6, 6.07) is 12.6. The van der Waals surface area contributed by atoms with Gasteiger partial charge in [0.15, 0.2) is 6.61 Å². The van der Waals surface area contributed by atoms with Gasteiger partial charge < -0.3 is 14.2 Å². The van der Waals surface area contributed by atoms with Crippen LogP contribution >= 0.6 is 0 Å². The maximum atomic E-state index is 12.8. The average molecular weight is 406 g/mol. The highest BCUT2D eigenvalue weighted by molar-refractivity contribution is 6.05. The molecular weight excluding hydrogens is 384 g/mol. The van der Waals surface area contributed by atoms with Crippen molar-refractivity contribution in [1.29, 1.82) is 0 Å². The van der Waals surface area contributed by atoms with Crippen molar-refractivity contribution < 1.29 is 19.1 Å². The van der Waals surface area contributed by atoms with Gasteiger partial charge in [-0.15, -0.1) is 0 Å². The van der Waals surface area contributed by atoms with Crippen LogP contribution in [0.2, 0.25) is 0 Å². The number of imide groups is 1. The number of hydrogen-bond donors (Lipinski definition) is 1. The second-order valence-corrected chi connectivity index (χ2v) is 7.20. The molecular formula is C22H22N4O4. The molecule has 0 aliphatic carbocycles. The Morgan fingerprint density at radius 3 is 2.60 bits per heavy atom. The van der Waals surface area contributed by atoms with E-state index < -0.39 is 24.4 Å². The molecule has 1 fully saturated rings. The lowest BCUT2D eigenvalue weighted by atomic mass is 10.1. The number of benzene rings is 1. The Morgan fingerprint density at radius 1 is 1.10 bits per heavy atom. The van der Waals surface area contributed by atoms with Gasteiger partial charge in [-0.25, -0.2) is 9.78 Å². The van der Waals surface area contributed by atoms with E-state index in [4.69, 9.17) is 4.74 Å². The van der Waals surface area contributed by atoms with E-state index in [0.717, 1.165) is 36.8 Å². The van der Waals surface area contributed by atoms with Crippen LogP contribution in [0.25, 0.3) is 10.9 Å². The van der Waals surface area contributed by atoms with Crippen molar-refractivity contribution in [1.82, 2.24) is 14.9 Å². The minimum atomic E-state index is -0.689. The van der Waals surface area contributed by atoms with Crippen molar-refractivity contribution in [2.45, 2.75) is 12.8 Å². The normalized spacial score (nSPS) is 13.4. The summed E-state index contributed by atoms with van der Waals surface area (Å²) in [5, 5.41) is 3.04. The maximum Gasteiger partial charge on any atom is 0.342 e. The molecule has 1 aromatic carbocycles. The van der Waals surface area contributed by atoms with E-state index >= 15 is 0 Å². The van der Waals surface area contributed by atoms with Gasteiger partial charge in [-0.1, -0.05) is 18.2 Å². The predicted molar refractivity (Wildman–Crippen MR) is 111 cm³/mol. The van der Waals surface area contributed by atoms with Gasteiger partial charge in [0, 0.05) is 31.7 Å². The summed E-state index contributed by atoms with van der Waals surface area (Å²) >= 11 is 0. The molecule has 3 heterocycles. The summed E-state index contributed by atoms with van der Waals surface area (Å²) < 4.78 is 6.81. The Balaban J connectivity index is 1.48. The van der Waals surface area contributed by atoms with Crippen LogP contribution in [0.5, 0.6) is 0 Å². The number of ether oxygens (including phenoxy) is 1. The van der Waals surface area contributed by atoms with E-state index in [9.17, 15) is 14.4 Å². The van der Waals surface area contributed by atoms with Gasteiger partial charge in [-0.05, 0) is 37.1 Å². The number of aromatic nitrogens is 2. The summed E-state index contributed by atoms with van der Waals surface area (Å²) in [5.74, 6) is -1.31. The van der Waals surface area contributed by atoms with Crippen molar-refractivity contribution >= 4 is 34.5 Å². The number of aryl methyl sites for hydroxylation is 1. The molecule has 0 radical (unpaired) electrons. The van der Waals surface area contributed by atoms with Gasteiger partial charge in [0.1, 0.15) is 17.1 Å².